The van der Waals surface area contributed by atoms with Gasteiger partial charge in [-0.15, -0.1) is 0 Å². The third kappa shape index (κ3) is 5.71. The van der Waals surface area contributed by atoms with Crippen LogP contribution in [0.25, 0.3) is 6.08 Å². The van der Waals surface area contributed by atoms with E-state index in [1.165, 1.54) is 0 Å². The predicted octanol–water partition coefficient (Wildman–Crippen LogP) is -9.64. The summed E-state index contributed by atoms with van der Waals surface area (Å²) in [7, 11) is -10.0. The van der Waals surface area contributed by atoms with Crippen LogP contribution in [0.15, 0.2) is 33.2 Å². The summed E-state index contributed by atoms with van der Waals surface area (Å²) >= 11 is 0. The molecule has 0 N–H and O–H groups in total. The molecule has 0 fully saturated rings. The molecule has 0 spiro atoms. The molecule has 0 radical (unpaired) electrons. The van der Waals surface area contributed by atoms with Gasteiger partial charge in [0.05, 0.1) is 4.90 Å². The molecule has 0 heterocycles. The minimum atomic E-state index is -5.19. The molecular weight excluding hydrogens is 395 g/mol. The van der Waals surface area contributed by atoms with E-state index in [1.54, 1.807) is 0 Å². The summed E-state index contributed by atoms with van der Waals surface area (Å²) < 4.78 is 65.6. The van der Waals surface area contributed by atoms with Crippen molar-refractivity contribution in [3.63, 3.8) is 0 Å². The number of nitrogens with zero attached hydrogens (tertiary/aromatic N) is 1. The molecule has 1 aromatic carbocycles. The van der Waals surface area contributed by atoms with E-state index in [-0.39, 0.29) is 99.8 Å². The molecule has 112 valence electrons. The Balaban J connectivity index is 0. The van der Waals surface area contributed by atoms with Crippen molar-refractivity contribution in [2.75, 3.05) is 0 Å². The Hall–Kier alpha value is 0.920. The molecule has 1 aliphatic carbocycles. The molecule has 0 bridgehead atoms. The Bertz CT molecular complexity index is 921. The Morgan fingerprint density at radius 3 is 1.88 bits per heavy atom. The normalized spacial score (nSPS) is 15.3. The molecule has 1 aliphatic rings. The van der Waals surface area contributed by atoms with Crippen LogP contribution in [0.3, 0.4) is 0 Å². The van der Waals surface area contributed by atoms with E-state index in [9.17, 15) is 35.9 Å². The van der Waals surface area contributed by atoms with Gasteiger partial charge in [0, 0.05) is 5.56 Å². The van der Waals surface area contributed by atoms with Crippen molar-refractivity contribution in [3.05, 3.63) is 39.4 Å². The summed E-state index contributed by atoms with van der Waals surface area (Å²) in [6.45, 7) is 0. The molecule has 2 rings (SSSR count). The number of fused-ring (bicyclic) bond motifs is 1. The number of benzene rings is 1. The van der Waals surface area contributed by atoms with Gasteiger partial charge in [-0.3, -0.25) is 4.79 Å². The molecule has 9 nitrogen and oxygen atoms in total. The fourth-order valence-electron chi connectivity index (χ4n) is 1.75. The first-order chi connectivity index (χ1) is 9.55. The fourth-order valence-corrected chi connectivity index (χ4v) is 2.85. The summed E-state index contributed by atoms with van der Waals surface area (Å²) in [6, 6.07) is 2.55. The molecule has 0 saturated heterocycles. The van der Waals surface area contributed by atoms with Gasteiger partial charge in [-0.05, 0) is 23.8 Å². The van der Waals surface area contributed by atoms with Crippen LogP contribution >= 0.6 is 0 Å². The Morgan fingerprint density at radius 2 is 1.46 bits per heavy atom. The number of hydrogen-bond donors (Lipinski definition) is 0. The third-order valence-corrected chi connectivity index (χ3v) is 4.33. The summed E-state index contributed by atoms with van der Waals surface area (Å²) in [5, 5.41) is 13.0. The maximum atomic E-state index is 11.7. The molecule has 0 atom stereocenters. The van der Waals surface area contributed by atoms with Crippen molar-refractivity contribution >= 4 is 37.8 Å². The summed E-state index contributed by atoms with van der Waals surface area (Å²) in [5.41, 5.74) is -1.28. The van der Waals surface area contributed by atoms with E-state index in [2.05, 4.69) is 5.16 Å². The molecule has 14 heteroatoms. The topological polar surface area (TPSA) is 167 Å². The second-order valence-electron chi connectivity index (χ2n) is 3.93. The minimum absolute atomic E-state index is 0. The average Bonchev–Trinajstić information content (AvgIpc) is 2.35. The first kappa shape index (κ1) is 27.1. The van der Waals surface area contributed by atoms with Crippen molar-refractivity contribution < 1.29 is 119 Å². The number of ketones is 1. The van der Waals surface area contributed by atoms with Crippen molar-refractivity contribution in [2.45, 2.75) is 4.90 Å². The van der Waals surface area contributed by atoms with E-state index >= 15 is 0 Å². The van der Waals surface area contributed by atoms with Gasteiger partial charge >= 0.3 is 88.7 Å². The van der Waals surface area contributed by atoms with Crippen LogP contribution < -0.4 is 88.7 Å². The number of carbonyl (C=O) groups is 1. The van der Waals surface area contributed by atoms with E-state index in [0.29, 0.717) is 6.08 Å². The number of rotatable bonds is 2. The van der Waals surface area contributed by atoms with Crippen LogP contribution in [0.1, 0.15) is 11.1 Å². The quantitative estimate of drug-likeness (QED) is 0.268. The molecule has 0 saturated carbocycles. The second kappa shape index (κ2) is 9.74. The van der Waals surface area contributed by atoms with Gasteiger partial charge in [0.2, 0.25) is 5.78 Å². The maximum Gasteiger partial charge on any atom is 1.00 e. The van der Waals surface area contributed by atoms with Gasteiger partial charge in [-0.25, -0.2) is 16.8 Å². The van der Waals surface area contributed by atoms with Crippen molar-refractivity contribution in [3.8, 4) is 0 Å². The van der Waals surface area contributed by atoms with Crippen molar-refractivity contribution in [1.29, 1.82) is 0 Å². The fraction of sp³-hybridized carbons (Fsp3) is 0. The number of carbonyl (C=O) groups excluding carboxylic acids is 1. The summed E-state index contributed by atoms with van der Waals surface area (Å²) in [4.78, 5) is 9.74. The second-order valence-corrected chi connectivity index (χ2v) is 6.66. The van der Waals surface area contributed by atoms with Gasteiger partial charge in [0.15, 0.2) is 0 Å². The maximum absolute atomic E-state index is 11.7. The Kier molecular flexibility index (Phi) is 11.0. The molecule has 0 amide bonds. The molecule has 1 aromatic rings. The molecule has 0 unspecified atom stereocenters. The largest absolute Gasteiger partial charge is 1.00 e. The van der Waals surface area contributed by atoms with Gasteiger partial charge in [0.1, 0.15) is 30.9 Å². The van der Waals surface area contributed by atoms with Crippen LogP contribution in [0.4, 0.5) is 0 Å². The third-order valence-electron chi connectivity index (χ3n) is 2.65. The first-order valence-electron chi connectivity index (χ1n) is 5.08. The van der Waals surface area contributed by atoms with Crippen LogP contribution in [-0.2, 0) is 25.0 Å². The Morgan fingerprint density at radius 1 is 0.917 bits per heavy atom. The van der Waals surface area contributed by atoms with Crippen LogP contribution in [0.2, 0.25) is 0 Å². The smallest absolute Gasteiger partial charge is 0.791 e. The summed E-state index contributed by atoms with van der Waals surface area (Å²) in [5.74, 6) is -1.38. The molecule has 0 aromatic heterocycles. The minimum Gasteiger partial charge on any atom is -0.791 e. The van der Waals surface area contributed by atoms with E-state index < -0.39 is 41.5 Å². The van der Waals surface area contributed by atoms with Crippen LogP contribution in [-0.4, -0.2) is 37.4 Å². The van der Waals surface area contributed by atoms with E-state index in [4.69, 9.17) is 0 Å². The van der Waals surface area contributed by atoms with Gasteiger partial charge in [-0.2, -0.15) is 0 Å². The number of allylic oxidation sites excluding steroid dienone is 1. The van der Waals surface area contributed by atoms with Gasteiger partial charge in [0.25, 0.3) is 0 Å². The zero-order valence-electron chi connectivity index (χ0n) is 12.8. The molecule has 24 heavy (non-hydrogen) atoms. The van der Waals surface area contributed by atoms with Crippen molar-refractivity contribution in [1.82, 2.24) is 0 Å². The van der Waals surface area contributed by atoms with Crippen LogP contribution in [0.5, 0.6) is 0 Å². The molecular formula is C10H4NNa3O8S2. The van der Waals surface area contributed by atoms with E-state index in [0.717, 1.165) is 18.2 Å². The predicted molar refractivity (Wildman–Crippen MR) is 67.0 cm³/mol. The summed E-state index contributed by atoms with van der Waals surface area (Å²) in [6.07, 6.45) is 0.601. The number of Topliss-reactive ketones (excluding diaryl/α,β-unsaturated/α-hetero) is 1. The van der Waals surface area contributed by atoms with Crippen molar-refractivity contribution in [2.24, 2.45) is 5.16 Å². The SMILES string of the molecule is O=C1C(S(=O)(=O)[O-])=Cc2cc(S(=O)(=O)[O-])ccc2/C1=N/[O-].[Na+].[Na+].[Na+]. The number of hydrogen-bond acceptors (Lipinski definition) is 9. The van der Waals surface area contributed by atoms with Gasteiger partial charge < -0.3 is 19.5 Å². The van der Waals surface area contributed by atoms with E-state index in [1.807, 2.05) is 0 Å². The zero-order valence-corrected chi connectivity index (χ0v) is 20.5. The average molecular weight is 399 g/mol. The zero-order chi connectivity index (χ0) is 16.0. The first-order valence-corrected chi connectivity index (χ1v) is 7.90. The monoisotopic (exact) mass is 399 g/mol. The standard InChI is InChI=1S/C10H7NO8S2.3Na/c12-10-8(21(17,18)19)4-5-3-6(20(14,15)16)1-2-7(5)9(10)11-13;;;/h1-4,13H,(H,14,15,16)(H,17,18,19);;;/q;3*+1/p-3/b11-9-;;;. The molecule has 0 aliphatic heterocycles. The van der Waals surface area contributed by atoms with Crippen LogP contribution in [0, 0.1) is 5.21 Å². The van der Waals surface area contributed by atoms with Gasteiger partial charge in [-0.1, -0.05) is 6.07 Å². The Labute approximate surface area is 203 Å².